The molecular weight excluding hydrogens is 502 g/mol. The molecule has 11 heteroatoms. The van der Waals surface area contributed by atoms with E-state index in [1.807, 2.05) is 6.92 Å². The number of aryl methyl sites for hydroxylation is 2. The van der Waals surface area contributed by atoms with Crippen LogP contribution < -0.4 is 10.6 Å². The summed E-state index contributed by atoms with van der Waals surface area (Å²) >= 11 is 8.33. The van der Waals surface area contributed by atoms with Gasteiger partial charge < -0.3 is 10.6 Å². The van der Waals surface area contributed by atoms with Crippen LogP contribution in [0, 0.1) is 25.5 Å². The van der Waals surface area contributed by atoms with Gasteiger partial charge in [0, 0.05) is 16.3 Å². The smallest absolute Gasteiger partial charge is 0.268 e. The van der Waals surface area contributed by atoms with E-state index in [2.05, 4.69) is 20.6 Å². The predicted octanol–water partition coefficient (Wildman–Crippen LogP) is 6.25. The van der Waals surface area contributed by atoms with Gasteiger partial charge in [0.05, 0.1) is 22.0 Å². The number of thiazole rings is 2. The molecule has 4 aromatic rings. The molecule has 2 aromatic heterocycles. The Kier molecular flexibility index (Phi) is 7.01. The molecule has 0 aliphatic carbocycles. The van der Waals surface area contributed by atoms with Gasteiger partial charge in [-0.15, -0.1) is 11.3 Å². The number of aromatic nitrogens is 2. The lowest BCUT2D eigenvalue weighted by atomic mass is 10.1. The van der Waals surface area contributed by atoms with E-state index in [9.17, 15) is 18.4 Å². The maximum Gasteiger partial charge on any atom is 0.268 e. The highest BCUT2D eigenvalue weighted by molar-refractivity contribution is 7.19. The second kappa shape index (κ2) is 9.96. The minimum Gasteiger partial charge on any atom is -0.321 e. The highest BCUT2D eigenvalue weighted by atomic mass is 35.5. The quantitative estimate of drug-likeness (QED) is 0.316. The number of nitrogens with zero attached hydrogens (tertiary/aromatic N) is 2. The van der Waals surface area contributed by atoms with E-state index in [1.54, 1.807) is 31.2 Å². The maximum absolute atomic E-state index is 13.9. The Bertz CT molecular complexity index is 1380. The van der Waals surface area contributed by atoms with Gasteiger partial charge in [0.25, 0.3) is 5.91 Å². The van der Waals surface area contributed by atoms with Gasteiger partial charge in [-0.1, -0.05) is 35.1 Å². The summed E-state index contributed by atoms with van der Waals surface area (Å²) in [6.45, 7) is 3.64. The molecule has 0 aliphatic rings. The van der Waals surface area contributed by atoms with E-state index in [-0.39, 0.29) is 15.6 Å². The average Bonchev–Trinajstić information content (AvgIpc) is 3.33. The van der Waals surface area contributed by atoms with E-state index in [0.717, 1.165) is 28.5 Å². The van der Waals surface area contributed by atoms with E-state index in [4.69, 9.17) is 11.6 Å². The normalized spacial score (nSPS) is 10.9. The van der Waals surface area contributed by atoms with Crippen LogP contribution in [-0.4, -0.2) is 21.8 Å². The molecule has 0 bridgehead atoms. The van der Waals surface area contributed by atoms with Gasteiger partial charge in [-0.3, -0.25) is 9.59 Å². The highest BCUT2D eigenvalue weighted by Gasteiger charge is 2.24. The third-order valence-electron chi connectivity index (χ3n) is 4.68. The maximum atomic E-state index is 13.9. The zero-order chi connectivity index (χ0) is 24.4. The molecule has 4 rings (SSSR count). The number of carbonyl (C=O) groups excluding carboxylic acids is 2. The molecule has 6 nitrogen and oxygen atoms in total. The summed E-state index contributed by atoms with van der Waals surface area (Å²) in [5.74, 6) is -2.73. The van der Waals surface area contributed by atoms with Crippen molar-refractivity contribution in [3.05, 3.63) is 80.3 Å². The van der Waals surface area contributed by atoms with Crippen molar-refractivity contribution >= 4 is 56.9 Å². The molecule has 174 valence electrons. The minimum absolute atomic E-state index is 0.124. The lowest BCUT2D eigenvalue weighted by Crippen LogP contribution is -2.16. The van der Waals surface area contributed by atoms with Gasteiger partial charge >= 0.3 is 0 Å². The summed E-state index contributed by atoms with van der Waals surface area (Å²) in [5, 5.41) is 6.70. The Morgan fingerprint density at radius 1 is 1.00 bits per heavy atom. The molecule has 2 aromatic carbocycles. The fourth-order valence-electron chi connectivity index (χ4n) is 3.21. The molecule has 0 saturated heterocycles. The minimum atomic E-state index is -0.813. The van der Waals surface area contributed by atoms with Gasteiger partial charge in [0.1, 0.15) is 22.2 Å². The van der Waals surface area contributed by atoms with Crippen LogP contribution in [-0.2, 0) is 11.2 Å². The number of hydrogen-bond donors (Lipinski definition) is 2. The average molecular weight is 519 g/mol. The Balaban J connectivity index is 1.64. The van der Waals surface area contributed by atoms with E-state index >= 15 is 0 Å². The van der Waals surface area contributed by atoms with Gasteiger partial charge in [0.15, 0.2) is 5.13 Å². The van der Waals surface area contributed by atoms with Crippen molar-refractivity contribution in [3.8, 4) is 10.6 Å². The van der Waals surface area contributed by atoms with Crippen molar-refractivity contribution in [1.29, 1.82) is 0 Å². The summed E-state index contributed by atoms with van der Waals surface area (Å²) in [6, 6.07) is 10.1. The number of benzene rings is 2. The molecule has 2 heterocycles. The number of carbonyl (C=O) groups is 2. The summed E-state index contributed by atoms with van der Waals surface area (Å²) in [5.41, 5.74) is 1.20. The van der Waals surface area contributed by atoms with Crippen LogP contribution in [0.5, 0.6) is 0 Å². The Hall–Kier alpha value is -3.21. The third kappa shape index (κ3) is 5.30. The second-order valence-electron chi connectivity index (χ2n) is 7.23. The van der Waals surface area contributed by atoms with Crippen molar-refractivity contribution in [2.75, 3.05) is 10.6 Å². The van der Waals surface area contributed by atoms with E-state index in [1.165, 1.54) is 17.4 Å². The van der Waals surface area contributed by atoms with Crippen LogP contribution in [0.4, 0.5) is 19.6 Å². The topological polar surface area (TPSA) is 84.0 Å². The number of halogens is 3. The molecule has 2 N–H and O–H groups in total. The standard InChI is InChI=1S/C23H17ClF2N4O2S2/c1-11-20(33-12(2)27-11)19-21(22(32)28-14-6-3-5-13(24)9-14)34-23(30-19)29-18(31)10-15-16(25)7-4-8-17(15)26/h3-9H,10H2,1-2H3,(H,28,32)(H,29,30,31). The molecule has 0 spiro atoms. The monoisotopic (exact) mass is 518 g/mol. The third-order valence-corrected chi connectivity index (χ3v) is 6.96. The molecule has 0 unspecified atom stereocenters. The lowest BCUT2D eigenvalue weighted by molar-refractivity contribution is -0.115. The van der Waals surface area contributed by atoms with Crippen molar-refractivity contribution in [2.24, 2.45) is 0 Å². The van der Waals surface area contributed by atoms with Gasteiger partial charge in [0.2, 0.25) is 5.91 Å². The first-order chi connectivity index (χ1) is 16.2. The molecule has 0 saturated carbocycles. The Morgan fingerprint density at radius 3 is 2.35 bits per heavy atom. The fraction of sp³-hybridized carbons (Fsp3) is 0.130. The predicted molar refractivity (Wildman–Crippen MR) is 131 cm³/mol. The first-order valence-electron chi connectivity index (χ1n) is 9.96. The fourth-order valence-corrected chi connectivity index (χ4v) is 5.27. The Labute approximate surface area is 206 Å². The van der Waals surface area contributed by atoms with Crippen molar-refractivity contribution in [2.45, 2.75) is 20.3 Å². The van der Waals surface area contributed by atoms with Crippen LogP contribution in [0.2, 0.25) is 5.02 Å². The number of hydrogen-bond acceptors (Lipinski definition) is 6. The van der Waals surface area contributed by atoms with Crippen LogP contribution >= 0.6 is 34.3 Å². The first kappa shape index (κ1) is 23.9. The largest absolute Gasteiger partial charge is 0.321 e. The van der Waals surface area contributed by atoms with Crippen LogP contribution in [0.3, 0.4) is 0 Å². The molecule has 0 radical (unpaired) electrons. The summed E-state index contributed by atoms with van der Waals surface area (Å²) < 4.78 is 27.9. The lowest BCUT2D eigenvalue weighted by Gasteiger charge is -2.05. The molecule has 2 amide bonds. The van der Waals surface area contributed by atoms with Crippen LogP contribution in [0.25, 0.3) is 10.6 Å². The van der Waals surface area contributed by atoms with Gasteiger partial charge in [-0.25, -0.2) is 18.7 Å². The second-order valence-corrected chi connectivity index (χ2v) is 9.87. The SMILES string of the molecule is Cc1nc(C)c(-c2nc(NC(=O)Cc3c(F)cccc3F)sc2C(=O)Nc2cccc(Cl)c2)s1. The number of nitrogens with one attached hydrogen (secondary N) is 2. The number of anilines is 2. The summed E-state index contributed by atoms with van der Waals surface area (Å²) in [7, 11) is 0. The molecule has 0 aliphatic heterocycles. The molecule has 0 atom stereocenters. The zero-order valence-electron chi connectivity index (χ0n) is 17.9. The number of amides is 2. The molecular formula is C23H17ClF2N4O2S2. The summed E-state index contributed by atoms with van der Waals surface area (Å²) in [4.78, 5) is 35.4. The van der Waals surface area contributed by atoms with Gasteiger partial charge in [-0.2, -0.15) is 0 Å². The number of rotatable bonds is 6. The van der Waals surface area contributed by atoms with Crippen molar-refractivity contribution in [3.63, 3.8) is 0 Å². The summed E-state index contributed by atoms with van der Waals surface area (Å²) in [6.07, 6.45) is -0.518. The van der Waals surface area contributed by atoms with Gasteiger partial charge in [-0.05, 0) is 44.2 Å². The van der Waals surface area contributed by atoms with E-state index < -0.39 is 29.9 Å². The molecule has 34 heavy (non-hydrogen) atoms. The first-order valence-corrected chi connectivity index (χ1v) is 12.0. The van der Waals surface area contributed by atoms with Crippen molar-refractivity contribution in [1.82, 2.24) is 9.97 Å². The highest BCUT2D eigenvalue weighted by Crippen LogP contribution is 2.37. The Morgan fingerprint density at radius 2 is 1.71 bits per heavy atom. The van der Waals surface area contributed by atoms with E-state index in [0.29, 0.717) is 27.0 Å². The zero-order valence-corrected chi connectivity index (χ0v) is 20.3. The molecule has 0 fully saturated rings. The van der Waals surface area contributed by atoms with Crippen LogP contribution in [0.15, 0.2) is 42.5 Å². The van der Waals surface area contributed by atoms with Crippen LogP contribution in [0.1, 0.15) is 25.9 Å². The van der Waals surface area contributed by atoms with Crippen molar-refractivity contribution < 1.29 is 18.4 Å².